The van der Waals surface area contributed by atoms with Crippen molar-refractivity contribution in [2.75, 3.05) is 5.32 Å². The number of fused-ring (bicyclic) bond motifs is 1. The average Bonchev–Trinajstić information content (AvgIpc) is 2.49. The summed E-state index contributed by atoms with van der Waals surface area (Å²) in [5.74, 6) is -0.173. The molecule has 0 aromatic heterocycles. The lowest BCUT2D eigenvalue weighted by molar-refractivity contribution is 0.102. The molecule has 0 radical (unpaired) electrons. The van der Waals surface area contributed by atoms with Crippen LogP contribution in [0.4, 0.5) is 5.69 Å². The molecule has 3 aromatic rings. The fraction of sp³-hybridized carbons (Fsp3) is 0. The molecule has 2 nitrogen and oxygen atoms in total. The zero-order valence-electron chi connectivity index (χ0n) is 10.9. The molecule has 0 saturated heterocycles. The maximum atomic E-state index is 12.3. The third kappa shape index (κ3) is 3.09. The van der Waals surface area contributed by atoms with Gasteiger partial charge in [-0.1, -0.05) is 51.8 Å². The van der Waals surface area contributed by atoms with Crippen LogP contribution in [0.3, 0.4) is 0 Å². The van der Waals surface area contributed by atoms with E-state index in [-0.39, 0.29) is 5.91 Å². The van der Waals surface area contributed by atoms with Crippen molar-refractivity contribution in [2.45, 2.75) is 0 Å². The first-order chi connectivity index (χ1) is 10.1. The third-order valence-corrected chi connectivity index (χ3v) is 4.01. The highest BCUT2D eigenvalue weighted by Crippen LogP contribution is 2.23. The summed E-state index contributed by atoms with van der Waals surface area (Å²) in [5.41, 5.74) is 1.21. The van der Waals surface area contributed by atoms with Crippen molar-refractivity contribution in [3.8, 4) is 0 Å². The Morgan fingerprint density at radius 2 is 1.67 bits per heavy atom. The summed E-state index contributed by atoms with van der Waals surface area (Å²) in [6.07, 6.45) is 0. The first-order valence-corrected chi connectivity index (χ1v) is 7.56. The van der Waals surface area contributed by atoms with Gasteiger partial charge in [-0.25, -0.2) is 0 Å². The second kappa shape index (κ2) is 5.88. The van der Waals surface area contributed by atoms with E-state index in [2.05, 4.69) is 21.2 Å². The molecule has 0 heterocycles. The normalized spacial score (nSPS) is 10.6. The zero-order chi connectivity index (χ0) is 14.8. The van der Waals surface area contributed by atoms with Gasteiger partial charge in [0.05, 0.1) is 10.7 Å². The SMILES string of the molecule is O=C(Nc1ccccc1Cl)c1ccc2cc(Br)ccc2c1. The minimum Gasteiger partial charge on any atom is -0.321 e. The van der Waals surface area contributed by atoms with E-state index in [1.807, 2.05) is 42.5 Å². The lowest BCUT2D eigenvalue weighted by atomic mass is 10.1. The van der Waals surface area contributed by atoms with E-state index in [9.17, 15) is 4.79 Å². The molecule has 1 amide bonds. The van der Waals surface area contributed by atoms with Crippen molar-refractivity contribution in [3.63, 3.8) is 0 Å². The van der Waals surface area contributed by atoms with Crippen LogP contribution in [0.2, 0.25) is 5.02 Å². The highest BCUT2D eigenvalue weighted by atomic mass is 79.9. The molecule has 0 aliphatic carbocycles. The number of benzene rings is 3. The molecule has 0 spiro atoms. The number of para-hydroxylation sites is 1. The number of amides is 1. The first kappa shape index (κ1) is 14.1. The van der Waals surface area contributed by atoms with Crippen LogP contribution in [0, 0.1) is 0 Å². The van der Waals surface area contributed by atoms with Crippen LogP contribution < -0.4 is 5.32 Å². The number of nitrogens with one attached hydrogen (secondary N) is 1. The molecule has 21 heavy (non-hydrogen) atoms. The van der Waals surface area contributed by atoms with Gasteiger partial charge in [-0.05, 0) is 47.2 Å². The number of anilines is 1. The Kier molecular flexibility index (Phi) is 3.95. The van der Waals surface area contributed by atoms with Crippen LogP contribution in [0.15, 0.2) is 65.1 Å². The standard InChI is InChI=1S/C17H11BrClNO/c18-14-8-7-11-9-13(6-5-12(11)10-14)17(21)20-16-4-2-1-3-15(16)19/h1-10H,(H,20,21). The molecular weight excluding hydrogens is 350 g/mol. The Hall–Kier alpha value is -1.84. The summed E-state index contributed by atoms with van der Waals surface area (Å²) in [5, 5.41) is 5.45. The Balaban J connectivity index is 1.91. The molecule has 0 atom stereocenters. The van der Waals surface area contributed by atoms with Crippen molar-refractivity contribution in [2.24, 2.45) is 0 Å². The van der Waals surface area contributed by atoms with Crippen LogP contribution >= 0.6 is 27.5 Å². The lowest BCUT2D eigenvalue weighted by Crippen LogP contribution is -2.12. The molecular formula is C17H11BrClNO. The minimum atomic E-state index is -0.173. The lowest BCUT2D eigenvalue weighted by Gasteiger charge is -2.08. The molecule has 4 heteroatoms. The molecule has 0 saturated carbocycles. The molecule has 104 valence electrons. The topological polar surface area (TPSA) is 29.1 Å². The number of hydrogen-bond donors (Lipinski definition) is 1. The molecule has 0 fully saturated rings. The van der Waals surface area contributed by atoms with Gasteiger partial charge in [-0.15, -0.1) is 0 Å². The number of rotatable bonds is 2. The number of halogens is 2. The Labute approximate surface area is 135 Å². The summed E-state index contributed by atoms with van der Waals surface area (Å²) in [6, 6.07) is 18.7. The fourth-order valence-corrected chi connectivity index (χ4v) is 2.68. The van der Waals surface area contributed by atoms with Gasteiger partial charge in [-0.3, -0.25) is 4.79 Å². The van der Waals surface area contributed by atoms with E-state index in [1.165, 1.54) is 0 Å². The summed E-state index contributed by atoms with van der Waals surface area (Å²) < 4.78 is 1.02. The molecule has 3 rings (SSSR count). The van der Waals surface area contributed by atoms with Gasteiger partial charge >= 0.3 is 0 Å². The quantitative estimate of drug-likeness (QED) is 0.641. The van der Waals surface area contributed by atoms with Crippen molar-refractivity contribution in [1.29, 1.82) is 0 Å². The van der Waals surface area contributed by atoms with Gasteiger partial charge in [0.25, 0.3) is 5.91 Å². The monoisotopic (exact) mass is 359 g/mol. The van der Waals surface area contributed by atoms with Crippen LogP contribution in [0.5, 0.6) is 0 Å². The molecule has 0 bridgehead atoms. The van der Waals surface area contributed by atoms with Gasteiger partial charge in [-0.2, -0.15) is 0 Å². The van der Waals surface area contributed by atoms with E-state index in [1.54, 1.807) is 18.2 Å². The summed E-state index contributed by atoms with van der Waals surface area (Å²) in [6.45, 7) is 0. The first-order valence-electron chi connectivity index (χ1n) is 6.39. The minimum absolute atomic E-state index is 0.173. The largest absolute Gasteiger partial charge is 0.321 e. The maximum Gasteiger partial charge on any atom is 0.255 e. The van der Waals surface area contributed by atoms with Gasteiger partial charge in [0.1, 0.15) is 0 Å². The van der Waals surface area contributed by atoms with E-state index in [0.717, 1.165) is 15.2 Å². The van der Waals surface area contributed by atoms with Gasteiger partial charge in [0, 0.05) is 10.0 Å². The van der Waals surface area contributed by atoms with E-state index in [0.29, 0.717) is 16.3 Å². The van der Waals surface area contributed by atoms with Gasteiger partial charge in [0.15, 0.2) is 0 Å². The highest BCUT2D eigenvalue weighted by molar-refractivity contribution is 9.10. The van der Waals surface area contributed by atoms with E-state index >= 15 is 0 Å². The molecule has 0 aliphatic heterocycles. The second-order valence-electron chi connectivity index (χ2n) is 4.64. The van der Waals surface area contributed by atoms with E-state index in [4.69, 9.17) is 11.6 Å². The summed E-state index contributed by atoms with van der Waals surface area (Å²) >= 11 is 9.49. The Bertz CT molecular complexity index is 832. The van der Waals surface area contributed by atoms with Crippen LogP contribution in [-0.4, -0.2) is 5.91 Å². The van der Waals surface area contributed by atoms with Crippen molar-refractivity contribution >= 4 is 49.9 Å². The molecule has 0 aliphatic rings. The van der Waals surface area contributed by atoms with Crippen molar-refractivity contribution in [1.82, 2.24) is 0 Å². The predicted molar refractivity (Wildman–Crippen MR) is 91.1 cm³/mol. The number of carbonyl (C=O) groups is 1. The average molecular weight is 361 g/mol. The van der Waals surface area contributed by atoms with Crippen LogP contribution in [0.1, 0.15) is 10.4 Å². The predicted octanol–water partition coefficient (Wildman–Crippen LogP) is 5.51. The van der Waals surface area contributed by atoms with Gasteiger partial charge in [0.2, 0.25) is 0 Å². The van der Waals surface area contributed by atoms with Crippen LogP contribution in [0.25, 0.3) is 10.8 Å². The highest BCUT2D eigenvalue weighted by Gasteiger charge is 2.08. The second-order valence-corrected chi connectivity index (χ2v) is 5.96. The molecule has 1 N–H and O–H groups in total. The van der Waals surface area contributed by atoms with Crippen molar-refractivity contribution in [3.05, 3.63) is 75.7 Å². The Morgan fingerprint density at radius 3 is 2.48 bits per heavy atom. The smallest absolute Gasteiger partial charge is 0.255 e. The summed E-state index contributed by atoms with van der Waals surface area (Å²) in [7, 11) is 0. The van der Waals surface area contributed by atoms with Crippen LogP contribution in [-0.2, 0) is 0 Å². The zero-order valence-corrected chi connectivity index (χ0v) is 13.3. The third-order valence-electron chi connectivity index (χ3n) is 3.19. The number of carbonyl (C=O) groups excluding carboxylic acids is 1. The fourth-order valence-electron chi connectivity index (χ4n) is 2.11. The Morgan fingerprint density at radius 1 is 0.952 bits per heavy atom. The maximum absolute atomic E-state index is 12.3. The molecule has 0 unspecified atom stereocenters. The van der Waals surface area contributed by atoms with Crippen molar-refractivity contribution < 1.29 is 4.79 Å². The van der Waals surface area contributed by atoms with E-state index < -0.39 is 0 Å². The number of hydrogen-bond acceptors (Lipinski definition) is 1. The summed E-state index contributed by atoms with van der Waals surface area (Å²) in [4.78, 5) is 12.3. The van der Waals surface area contributed by atoms with Gasteiger partial charge < -0.3 is 5.32 Å². The molecule has 3 aromatic carbocycles.